The predicted octanol–water partition coefficient (Wildman–Crippen LogP) is 12.2. The van der Waals surface area contributed by atoms with E-state index in [4.69, 9.17) is 9.47 Å². The maximum absolute atomic E-state index is 13.4. The van der Waals surface area contributed by atoms with E-state index in [0.29, 0.717) is 35.1 Å². The van der Waals surface area contributed by atoms with Gasteiger partial charge in [0.2, 0.25) is 0 Å². The molecule has 0 saturated heterocycles. The van der Waals surface area contributed by atoms with Gasteiger partial charge in [0.05, 0.1) is 30.6 Å². The number of phenols is 1. The van der Waals surface area contributed by atoms with E-state index >= 15 is 0 Å². The number of aromatic hydroxyl groups is 1. The molecular weight excluding hydrogens is 622 g/mol. The average molecular weight is 680 g/mol. The van der Waals surface area contributed by atoms with E-state index in [9.17, 15) is 9.90 Å². The number of azo groups is 1. The van der Waals surface area contributed by atoms with Crippen molar-refractivity contribution in [3.05, 3.63) is 90.0 Å². The van der Waals surface area contributed by atoms with Crippen molar-refractivity contribution in [2.45, 2.75) is 116 Å². The number of ether oxygens (including phenoxy) is 2. The van der Waals surface area contributed by atoms with Crippen LogP contribution in [0.5, 0.6) is 17.2 Å². The topological polar surface area (TPSA) is 92.5 Å². The zero-order chi connectivity index (χ0) is 35.4. The highest BCUT2D eigenvalue weighted by molar-refractivity contribution is 6.07. The fraction of sp³-hybridized carbons (Fsp3) is 0.465. The smallest absolute Gasteiger partial charge is 0.255 e. The van der Waals surface area contributed by atoms with Gasteiger partial charge in [0.15, 0.2) is 0 Å². The van der Waals surface area contributed by atoms with Crippen LogP contribution < -0.4 is 14.8 Å². The van der Waals surface area contributed by atoms with Gasteiger partial charge in [-0.05, 0) is 67.3 Å². The first-order valence-electron chi connectivity index (χ1n) is 18.9. The molecule has 0 aliphatic rings. The molecule has 0 spiro atoms. The zero-order valence-electron chi connectivity index (χ0n) is 30.5. The first-order chi connectivity index (χ1) is 24.5. The zero-order valence-corrected chi connectivity index (χ0v) is 30.5. The average Bonchev–Trinajstić information content (AvgIpc) is 3.15. The molecule has 0 fully saturated rings. The standard InChI is InChI=1S/C43H57N3O4/c1-4-6-7-8-9-10-11-12-13-14-15-16-17-21-33-22-20-23-37(30-33)50-35(5-2)32-44-43(48)40-31-41(38-24-18-19-25-39(38)42(40)47)46-45-34-26-28-36(49-3)29-27-34/h18-20,22-31,35,47H,4-17,21,32H2,1-3H3,(H,44,48). The summed E-state index contributed by atoms with van der Waals surface area (Å²) in [5, 5.41) is 24.1. The molecule has 2 N–H and O–H groups in total. The summed E-state index contributed by atoms with van der Waals surface area (Å²) in [4.78, 5) is 13.4. The summed E-state index contributed by atoms with van der Waals surface area (Å²) in [5.74, 6) is 1.06. The number of hydrogen-bond acceptors (Lipinski definition) is 6. The van der Waals surface area contributed by atoms with Crippen molar-refractivity contribution < 1.29 is 19.4 Å². The van der Waals surface area contributed by atoms with Crippen LogP contribution in [-0.2, 0) is 6.42 Å². The molecule has 7 nitrogen and oxygen atoms in total. The molecule has 50 heavy (non-hydrogen) atoms. The molecule has 0 heterocycles. The molecular formula is C43H57N3O4. The van der Waals surface area contributed by atoms with Crippen LogP contribution in [0.4, 0.5) is 11.4 Å². The number of phenolic OH excluding ortho intramolecular Hbond substituents is 1. The van der Waals surface area contributed by atoms with Crippen molar-refractivity contribution in [2.75, 3.05) is 13.7 Å². The van der Waals surface area contributed by atoms with E-state index < -0.39 is 5.91 Å². The van der Waals surface area contributed by atoms with E-state index in [1.807, 2.05) is 49.4 Å². The van der Waals surface area contributed by atoms with Crippen LogP contribution in [0.2, 0.25) is 0 Å². The van der Waals surface area contributed by atoms with E-state index in [-0.39, 0.29) is 17.4 Å². The van der Waals surface area contributed by atoms with Crippen LogP contribution >= 0.6 is 0 Å². The number of hydrogen-bond donors (Lipinski definition) is 2. The normalized spacial score (nSPS) is 12.0. The minimum Gasteiger partial charge on any atom is -0.506 e. The first-order valence-corrected chi connectivity index (χ1v) is 18.9. The third-order valence-corrected chi connectivity index (χ3v) is 9.30. The predicted molar refractivity (Wildman–Crippen MR) is 206 cm³/mol. The summed E-state index contributed by atoms with van der Waals surface area (Å²) >= 11 is 0. The van der Waals surface area contributed by atoms with Gasteiger partial charge in [-0.25, -0.2) is 0 Å². The van der Waals surface area contributed by atoms with Gasteiger partial charge in [0.1, 0.15) is 23.4 Å². The molecule has 0 aliphatic heterocycles. The van der Waals surface area contributed by atoms with E-state index in [0.717, 1.165) is 17.9 Å². The monoisotopic (exact) mass is 679 g/mol. The van der Waals surface area contributed by atoms with Crippen LogP contribution in [0.15, 0.2) is 89.1 Å². The lowest BCUT2D eigenvalue weighted by Gasteiger charge is -2.19. The van der Waals surface area contributed by atoms with Gasteiger partial charge in [0.25, 0.3) is 5.91 Å². The number of aryl methyl sites for hydroxylation is 1. The maximum atomic E-state index is 13.4. The fourth-order valence-electron chi connectivity index (χ4n) is 6.24. The number of unbranched alkanes of at least 4 members (excludes halogenated alkanes) is 12. The molecule has 0 radical (unpaired) electrons. The second-order valence-corrected chi connectivity index (χ2v) is 13.2. The van der Waals surface area contributed by atoms with Crippen molar-refractivity contribution in [2.24, 2.45) is 10.2 Å². The summed E-state index contributed by atoms with van der Waals surface area (Å²) in [7, 11) is 1.61. The summed E-state index contributed by atoms with van der Waals surface area (Å²) in [5.41, 5.74) is 2.55. The van der Waals surface area contributed by atoms with Gasteiger partial charge in [0, 0.05) is 10.8 Å². The van der Waals surface area contributed by atoms with Crippen molar-refractivity contribution in [1.29, 1.82) is 0 Å². The number of nitrogens with one attached hydrogen (secondary N) is 1. The second kappa shape index (κ2) is 21.6. The Morgan fingerprint density at radius 3 is 2.00 bits per heavy atom. The number of fused-ring (bicyclic) bond motifs is 1. The van der Waals surface area contributed by atoms with E-state index in [1.165, 1.54) is 89.0 Å². The number of carbonyl (C=O) groups excluding carboxylic acids is 1. The Morgan fingerprint density at radius 1 is 0.720 bits per heavy atom. The molecule has 1 atom stereocenters. The van der Waals surface area contributed by atoms with Crippen molar-refractivity contribution >= 4 is 28.1 Å². The largest absolute Gasteiger partial charge is 0.506 e. The molecule has 4 rings (SSSR count). The second-order valence-electron chi connectivity index (χ2n) is 13.2. The SMILES string of the molecule is CCCCCCCCCCCCCCCc1cccc(OC(CC)CNC(=O)c2cc(N=Nc3ccc(OC)cc3)c3ccccc3c2O)c1. The Labute approximate surface area is 299 Å². The molecule has 0 aliphatic carbocycles. The number of amides is 1. The molecule has 0 saturated carbocycles. The van der Waals surface area contributed by atoms with Gasteiger partial charge in [-0.3, -0.25) is 4.79 Å². The minimum absolute atomic E-state index is 0.0867. The number of benzene rings is 4. The van der Waals surface area contributed by atoms with Crippen LogP contribution in [0.3, 0.4) is 0 Å². The Bertz CT molecular complexity index is 1620. The lowest BCUT2D eigenvalue weighted by Crippen LogP contribution is -2.35. The summed E-state index contributed by atoms with van der Waals surface area (Å²) in [6, 6.07) is 24.5. The molecule has 1 amide bonds. The van der Waals surface area contributed by atoms with Gasteiger partial charge >= 0.3 is 0 Å². The summed E-state index contributed by atoms with van der Waals surface area (Å²) in [6.07, 6.45) is 19.1. The van der Waals surface area contributed by atoms with Crippen LogP contribution in [0.1, 0.15) is 120 Å². The number of carbonyl (C=O) groups is 1. The van der Waals surface area contributed by atoms with E-state index in [2.05, 4.69) is 34.6 Å². The minimum atomic E-state index is -0.396. The number of rotatable bonds is 23. The molecule has 7 heteroatoms. The quantitative estimate of drug-likeness (QED) is 0.0603. The van der Waals surface area contributed by atoms with Gasteiger partial charge in [-0.15, -0.1) is 5.11 Å². The molecule has 0 bridgehead atoms. The van der Waals surface area contributed by atoms with Gasteiger partial charge in [-0.2, -0.15) is 5.11 Å². The third kappa shape index (κ3) is 12.5. The Morgan fingerprint density at radius 2 is 1.36 bits per heavy atom. The number of methoxy groups -OCH3 is 1. The van der Waals surface area contributed by atoms with Crippen LogP contribution in [-0.4, -0.2) is 30.8 Å². The summed E-state index contributed by atoms with van der Waals surface area (Å²) in [6.45, 7) is 4.62. The Kier molecular flexibility index (Phi) is 16.6. The Hall–Kier alpha value is -4.39. The van der Waals surface area contributed by atoms with Crippen molar-refractivity contribution in [3.8, 4) is 17.2 Å². The third-order valence-electron chi connectivity index (χ3n) is 9.30. The molecule has 4 aromatic carbocycles. The van der Waals surface area contributed by atoms with Crippen LogP contribution in [0, 0.1) is 0 Å². The number of nitrogens with zero attached hydrogens (tertiary/aromatic N) is 2. The van der Waals surface area contributed by atoms with Gasteiger partial charge in [-0.1, -0.05) is 127 Å². The molecule has 268 valence electrons. The fourth-order valence-corrected chi connectivity index (χ4v) is 6.24. The Balaban J connectivity index is 1.25. The highest BCUT2D eigenvalue weighted by Gasteiger charge is 2.19. The lowest BCUT2D eigenvalue weighted by molar-refractivity contribution is 0.0923. The highest BCUT2D eigenvalue weighted by Crippen LogP contribution is 2.37. The van der Waals surface area contributed by atoms with Crippen molar-refractivity contribution in [1.82, 2.24) is 5.32 Å². The molecule has 1 unspecified atom stereocenters. The maximum Gasteiger partial charge on any atom is 0.255 e. The van der Waals surface area contributed by atoms with E-state index in [1.54, 1.807) is 31.4 Å². The molecule has 4 aromatic rings. The van der Waals surface area contributed by atoms with Crippen molar-refractivity contribution in [3.63, 3.8) is 0 Å². The summed E-state index contributed by atoms with van der Waals surface area (Å²) < 4.78 is 11.5. The first kappa shape index (κ1) is 38.4. The highest BCUT2D eigenvalue weighted by atomic mass is 16.5. The van der Waals surface area contributed by atoms with Gasteiger partial charge < -0.3 is 19.9 Å². The molecule has 0 aromatic heterocycles. The van der Waals surface area contributed by atoms with Crippen LogP contribution in [0.25, 0.3) is 10.8 Å². The lowest BCUT2D eigenvalue weighted by atomic mass is 10.0.